The summed E-state index contributed by atoms with van der Waals surface area (Å²) in [5, 5.41) is 3.05. The molecule has 0 saturated heterocycles. The highest BCUT2D eigenvalue weighted by atomic mass is 35.5. The average Bonchev–Trinajstić information content (AvgIpc) is 2.46. The highest BCUT2D eigenvalue weighted by Crippen LogP contribution is 2.29. The number of nitrogens with zero attached hydrogens (tertiary/aromatic N) is 2. The van der Waals surface area contributed by atoms with E-state index in [0.717, 1.165) is 18.3 Å². The predicted octanol–water partition coefficient (Wildman–Crippen LogP) is 4.07. The van der Waals surface area contributed by atoms with Gasteiger partial charge >= 0.3 is 6.18 Å². The maximum Gasteiger partial charge on any atom is 0.433 e. The van der Waals surface area contributed by atoms with Crippen molar-refractivity contribution in [1.82, 2.24) is 4.98 Å². The number of carbonyl (C=O) groups excluding carboxylic acids is 1. The van der Waals surface area contributed by atoms with Crippen LogP contribution in [-0.4, -0.2) is 25.0 Å². The first-order valence-electron chi connectivity index (χ1n) is 6.50. The molecule has 0 saturated carbocycles. The lowest BCUT2D eigenvalue weighted by atomic mass is 10.2. The molecule has 0 bridgehead atoms. The maximum absolute atomic E-state index is 12.5. The first kappa shape index (κ1) is 17.1. The Kier molecular flexibility index (Phi) is 4.79. The number of aromatic nitrogens is 1. The summed E-state index contributed by atoms with van der Waals surface area (Å²) in [6, 6.07) is 6.80. The van der Waals surface area contributed by atoms with Crippen LogP contribution in [-0.2, 0) is 6.18 Å². The zero-order chi connectivity index (χ0) is 17.2. The van der Waals surface area contributed by atoms with Crippen LogP contribution in [0.1, 0.15) is 16.1 Å². The number of carbonyl (C=O) groups is 1. The number of amides is 1. The molecule has 1 amide bonds. The van der Waals surface area contributed by atoms with Gasteiger partial charge in [-0.25, -0.2) is 0 Å². The Hall–Kier alpha value is -2.28. The lowest BCUT2D eigenvalue weighted by Gasteiger charge is -2.18. The molecule has 1 N–H and O–H groups in total. The molecule has 0 aliphatic heterocycles. The molecule has 0 radical (unpaired) electrons. The van der Waals surface area contributed by atoms with E-state index >= 15 is 0 Å². The summed E-state index contributed by atoms with van der Waals surface area (Å²) in [6.07, 6.45) is -3.65. The summed E-state index contributed by atoms with van der Waals surface area (Å²) >= 11 is 5.91. The lowest BCUT2D eigenvalue weighted by Crippen LogP contribution is -2.17. The second kappa shape index (κ2) is 6.45. The zero-order valence-corrected chi connectivity index (χ0v) is 13.0. The van der Waals surface area contributed by atoms with E-state index in [2.05, 4.69) is 10.3 Å². The molecule has 23 heavy (non-hydrogen) atoms. The van der Waals surface area contributed by atoms with Gasteiger partial charge in [-0.2, -0.15) is 13.2 Å². The third-order valence-electron chi connectivity index (χ3n) is 3.00. The molecule has 0 spiro atoms. The summed E-state index contributed by atoms with van der Waals surface area (Å²) in [6.45, 7) is 0. The molecule has 122 valence electrons. The first-order valence-corrected chi connectivity index (χ1v) is 6.88. The maximum atomic E-state index is 12.5. The van der Waals surface area contributed by atoms with Gasteiger partial charge in [0, 0.05) is 25.3 Å². The molecule has 1 aromatic carbocycles. The molecule has 8 heteroatoms. The number of benzene rings is 1. The topological polar surface area (TPSA) is 45.2 Å². The SMILES string of the molecule is CN(C)c1ccc(Cl)cc1NC(=O)c1ccc(C(F)(F)F)nc1. The van der Waals surface area contributed by atoms with Gasteiger partial charge in [-0.3, -0.25) is 9.78 Å². The zero-order valence-electron chi connectivity index (χ0n) is 12.3. The van der Waals surface area contributed by atoms with Crippen molar-refractivity contribution < 1.29 is 18.0 Å². The van der Waals surface area contributed by atoms with Crippen LogP contribution in [0.5, 0.6) is 0 Å². The van der Waals surface area contributed by atoms with Crippen LogP contribution in [0.3, 0.4) is 0 Å². The summed E-state index contributed by atoms with van der Waals surface area (Å²) in [4.78, 5) is 17.2. The lowest BCUT2D eigenvalue weighted by molar-refractivity contribution is -0.141. The largest absolute Gasteiger partial charge is 0.433 e. The van der Waals surface area contributed by atoms with Gasteiger partial charge in [0.05, 0.1) is 16.9 Å². The van der Waals surface area contributed by atoms with Crippen molar-refractivity contribution in [3.8, 4) is 0 Å². The molecule has 0 aliphatic rings. The highest BCUT2D eigenvalue weighted by molar-refractivity contribution is 6.31. The van der Waals surface area contributed by atoms with Crippen molar-refractivity contribution in [2.24, 2.45) is 0 Å². The van der Waals surface area contributed by atoms with Crippen LogP contribution in [0.2, 0.25) is 5.02 Å². The molecule has 0 aliphatic carbocycles. The Morgan fingerprint density at radius 1 is 1.22 bits per heavy atom. The van der Waals surface area contributed by atoms with Crippen molar-refractivity contribution in [3.63, 3.8) is 0 Å². The standard InChI is InChI=1S/C15H13ClF3N3O/c1-22(2)12-5-4-10(16)7-11(12)21-14(23)9-3-6-13(20-8-9)15(17,18)19/h3-8H,1-2H3,(H,21,23). The molecule has 4 nitrogen and oxygen atoms in total. The molecule has 2 rings (SSSR count). The van der Waals surface area contributed by atoms with Gasteiger partial charge in [-0.1, -0.05) is 11.6 Å². The smallest absolute Gasteiger partial charge is 0.376 e. The fraction of sp³-hybridized carbons (Fsp3) is 0.200. The Balaban J connectivity index is 2.24. The van der Waals surface area contributed by atoms with E-state index in [-0.39, 0.29) is 5.56 Å². The number of rotatable bonds is 3. The molecule has 2 aromatic rings. The van der Waals surface area contributed by atoms with Gasteiger partial charge in [0.25, 0.3) is 5.91 Å². The molecule has 0 fully saturated rings. The van der Waals surface area contributed by atoms with Gasteiger partial charge in [0.1, 0.15) is 5.69 Å². The molecular formula is C15H13ClF3N3O. The van der Waals surface area contributed by atoms with Crippen molar-refractivity contribution in [3.05, 3.63) is 52.8 Å². The van der Waals surface area contributed by atoms with Crippen LogP contribution >= 0.6 is 11.6 Å². The number of alkyl halides is 3. The molecule has 0 unspecified atom stereocenters. The molecular weight excluding hydrogens is 331 g/mol. The minimum atomic E-state index is -4.54. The summed E-state index contributed by atoms with van der Waals surface area (Å²) in [7, 11) is 3.58. The second-order valence-electron chi connectivity index (χ2n) is 4.94. The number of nitrogens with one attached hydrogen (secondary N) is 1. The number of halogens is 4. The second-order valence-corrected chi connectivity index (χ2v) is 5.38. The summed E-state index contributed by atoms with van der Waals surface area (Å²) < 4.78 is 37.4. The van der Waals surface area contributed by atoms with E-state index < -0.39 is 17.8 Å². The Morgan fingerprint density at radius 3 is 2.43 bits per heavy atom. The number of hydrogen-bond acceptors (Lipinski definition) is 3. The minimum absolute atomic E-state index is 0.0164. The van der Waals surface area contributed by atoms with Crippen LogP contribution in [0.25, 0.3) is 0 Å². The monoisotopic (exact) mass is 343 g/mol. The molecule has 1 heterocycles. The van der Waals surface area contributed by atoms with Crippen molar-refractivity contribution in [2.75, 3.05) is 24.3 Å². The third-order valence-corrected chi connectivity index (χ3v) is 3.24. The van der Waals surface area contributed by atoms with Gasteiger partial charge in [-0.15, -0.1) is 0 Å². The Labute approximate surface area is 135 Å². The fourth-order valence-corrected chi connectivity index (χ4v) is 2.06. The Morgan fingerprint density at radius 2 is 1.91 bits per heavy atom. The fourth-order valence-electron chi connectivity index (χ4n) is 1.89. The van der Waals surface area contributed by atoms with E-state index in [1.54, 1.807) is 37.2 Å². The first-order chi connectivity index (χ1) is 10.7. The van der Waals surface area contributed by atoms with Gasteiger partial charge in [-0.05, 0) is 30.3 Å². The Bertz CT molecular complexity index is 715. The quantitative estimate of drug-likeness (QED) is 0.913. The number of hydrogen-bond donors (Lipinski definition) is 1. The van der Waals surface area contributed by atoms with E-state index in [9.17, 15) is 18.0 Å². The summed E-state index contributed by atoms with van der Waals surface area (Å²) in [5.41, 5.74) is 0.128. The third kappa shape index (κ3) is 4.13. The summed E-state index contributed by atoms with van der Waals surface area (Å²) in [5.74, 6) is -0.573. The van der Waals surface area contributed by atoms with Crippen LogP contribution in [0, 0.1) is 0 Å². The van der Waals surface area contributed by atoms with Crippen molar-refractivity contribution in [1.29, 1.82) is 0 Å². The van der Waals surface area contributed by atoms with E-state index in [4.69, 9.17) is 11.6 Å². The van der Waals surface area contributed by atoms with E-state index in [1.165, 1.54) is 0 Å². The van der Waals surface area contributed by atoms with Crippen LogP contribution in [0.4, 0.5) is 24.5 Å². The van der Waals surface area contributed by atoms with Crippen molar-refractivity contribution in [2.45, 2.75) is 6.18 Å². The molecule has 1 aromatic heterocycles. The highest BCUT2D eigenvalue weighted by Gasteiger charge is 2.32. The normalized spacial score (nSPS) is 11.2. The van der Waals surface area contributed by atoms with Crippen molar-refractivity contribution >= 4 is 28.9 Å². The number of pyridine rings is 1. The van der Waals surface area contributed by atoms with Gasteiger partial charge < -0.3 is 10.2 Å². The predicted molar refractivity (Wildman–Crippen MR) is 83.0 cm³/mol. The van der Waals surface area contributed by atoms with Gasteiger partial charge in [0.15, 0.2) is 0 Å². The van der Waals surface area contributed by atoms with Crippen LogP contribution < -0.4 is 10.2 Å². The minimum Gasteiger partial charge on any atom is -0.376 e. The van der Waals surface area contributed by atoms with E-state index in [1.807, 2.05) is 0 Å². The van der Waals surface area contributed by atoms with Gasteiger partial charge in [0.2, 0.25) is 0 Å². The number of anilines is 2. The average molecular weight is 344 g/mol. The molecule has 0 atom stereocenters. The van der Waals surface area contributed by atoms with Crippen LogP contribution in [0.15, 0.2) is 36.5 Å². The van der Waals surface area contributed by atoms with E-state index in [0.29, 0.717) is 16.4 Å².